The molecule has 0 spiro atoms. The highest BCUT2D eigenvalue weighted by molar-refractivity contribution is 5.78. The molecule has 0 bridgehead atoms. The summed E-state index contributed by atoms with van der Waals surface area (Å²) in [6.45, 7) is 10.3. The Balaban J connectivity index is 1.78. The Morgan fingerprint density at radius 1 is 1.33 bits per heavy atom. The van der Waals surface area contributed by atoms with Crippen LogP contribution in [0.1, 0.15) is 32.4 Å². The number of benzene rings is 1. The second-order valence-electron chi connectivity index (χ2n) is 7.71. The highest BCUT2D eigenvalue weighted by atomic mass is 19.2. The number of hydrogen-bond acceptors (Lipinski definition) is 4. The van der Waals surface area contributed by atoms with Gasteiger partial charge in [-0.1, -0.05) is 19.9 Å². The standard InChI is InChI=1S/C20H31F2N3O2/c1-14(2)11-25-7-8-27-17(12-25)10-23-20(26)13-24(4)15(3)16-5-6-18(21)19(22)9-16/h5-6,9,14-15,17H,7-8,10-13H2,1-4H3,(H,23,26). The van der Waals surface area contributed by atoms with Crippen molar-refractivity contribution in [2.24, 2.45) is 5.92 Å². The van der Waals surface area contributed by atoms with E-state index in [0.29, 0.717) is 24.6 Å². The van der Waals surface area contributed by atoms with Gasteiger partial charge < -0.3 is 10.1 Å². The summed E-state index contributed by atoms with van der Waals surface area (Å²) in [7, 11) is 1.78. The smallest absolute Gasteiger partial charge is 0.234 e. The molecule has 1 aliphatic heterocycles. The van der Waals surface area contributed by atoms with Crippen molar-refractivity contribution in [2.45, 2.75) is 32.9 Å². The molecule has 2 rings (SSSR count). The Hall–Kier alpha value is -1.57. The van der Waals surface area contributed by atoms with Gasteiger partial charge in [-0.05, 0) is 37.6 Å². The van der Waals surface area contributed by atoms with E-state index in [2.05, 4.69) is 24.1 Å². The molecule has 1 aliphatic rings. The first-order chi connectivity index (χ1) is 12.8. The van der Waals surface area contributed by atoms with Gasteiger partial charge in [0.05, 0.1) is 19.3 Å². The van der Waals surface area contributed by atoms with Crippen molar-refractivity contribution in [3.63, 3.8) is 0 Å². The molecule has 2 atom stereocenters. The minimum absolute atomic E-state index is 0.00428. The third-order valence-electron chi connectivity index (χ3n) is 4.85. The summed E-state index contributed by atoms with van der Waals surface area (Å²) in [6.07, 6.45) is -0.00428. The second kappa shape index (κ2) is 10.1. The fraction of sp³-hybridized carbons (Fsp3) is 0.650. The van der Waals surface area contributed by atoms with Crippen molar-refractivity contribution in [1.29, 1.82) is 0 Å². The number of likely N-dealkylation sites (N-methyl/N-ethyl adjacent to an activating group) is 1. The van der Waals surface area contributed by atoms with Crippen molar-refractivity contribution in [3.8, 4) is 0 Å². The van der Waals surface area contributed by atoms with Crippen LogP contribution in [-0.4, -0.2) is 68.2 Å². The Morgan fingerprint density at radius 2 is 2.07 bits per heavy atom. The zero-order valence-electron chi connectivity index (χ0n) is 16.7. The number of carbonyl (C=O) groups excluding carboxylic acids is 1. The summed E-state index contributed by atoms with van der Waals surface area (Å²) in [5.41, 5.74) is 0.629. The van der Waals surface area contributed by atoms with Crippen molar-refractivity contribution >= 4 is 5.91 Å². The van der Waals surface area contributed by atoms with Gasteiger partial charge in [0.2, 0.25) is 5.91 Å². The van der Waals surface area contributed by atoms with Gasteiger partial charge in [0, 0.05) is 32.2 Å². The maximum atomic E-state index is 13.4. The molecule has 0 aliphatic carbocycles. The van der Waals surface area contributed by atoms with Crippen LogP contribution in [0.3, 0.4) is 0 Å². The minimum Gasteiger partial charge on any atom is -0.374 e. The van der Waals surface area contributed by atoms with Crippen LogP contribution >= 0.6 is 0 Å². The lowest BCUT2D eigenvalue weighted by Crippen LogP contribution is -2.49. The summed E-state index contributed by atoms with van der Waals surface area (Å²) in [5, 5.41) is 2.92. The molecule has 1 aromatic carbocycles. The number of rotatable bonds is 8. The molecular weight excluding hydrogens is 352 g/mol. The number of morpholine rings is 1. The monoisotopic (exact) mass is 383 g/mol. The molecule has 1 N–H and O–H groups in total. The fourth-order valence-electron chi connectivity index (χ4n) is 3.26. The second-order valence-corrected chi connectivity index (χ2v) is 7.71. The van der Waals surface area contributed by atoms with Crippen molar-refractivity contribution in [3.05, 3.63) is 35.4 Å². The lowest BCUT2D eigenvalue weighted by atomic mass is 10.1. The molecule has 1 fully saturated rings. The van der Waals surface area contributed by atoms with Gasteiger partial charge in [-0.2, -0.15) is 0 Å². The molecule has 0 radical (unpaired) electrons. The number of hydrogen-bond donors (Lipinski definition) is 1. The van der Waals surface area contributed by atoms with Crippen LogP contribution in [-0.2, 0) is 9.53 Å². The summed E-state index contributed by atoms with van der Waals surface area (Å²) in [5.74, 6) is -1.26. The van der Waals surface area contributed by atoms with Crippen LogP contribution in [0.4, 0.5) is 8.78 Å². The zero-order valence-corrected chi connectivity index (χ0v) is 16.7. The highest BCUT2D eigenvalue weighted by Crippen LogP contribution is 2.20. The molecule has 27 heavy (non-hydrogen) atoms. The largest absolute Gasteiger partial charge is 0.374 e. The van der Waals surface area contributed by atoms with Gasteiger partial charge in [0.25, 0.3) is 0 Å². The van der Waals surface area contributed by atoms with Crippen molar-refractivity contribution < 1.29 is 18.3 Å². The van der Waals surface area contributed by atoms with Crippen molar-refractivity contribution in [1.82, 2.24) is 15.1 Å². The summed E-state index contributed by atoms with van der Waals surface area (Å²) >= 11 is 0. The predicted octanol–water partition coefficient (Wildman–Crippen LogP) is 2.43. The van der Waals surface area contributed by atoms with E-state index >= 15 is 0 Å². The van der Waals surface area contributed by atoms with Gasteiger partial charge >= 0.3 is 0 Å². The Bertz CT molecular complexity index is 627. The average molecular weight is 383 g/mol. The molecule has 5 nitrogen and oxygen atoms in total. The van der Waals surface area contributed by atoms with Gasteiger partial charge in [0.15, 0.2) is 11.6 Å². The average Bonchev–Trinajstić information content (AvgIpc) is 2.61. The topological polar surface area (TPSA) is 44.8 Å². The molecule has 2 unspecified atom stereocenters. The molecule has 7 heteroatoms. The van der Waals surface area contributed by atoms with Crippen LogP contribution in [0.15, 0.2) is 18.2 Å². The number of carbonyl (C=O) groups is 1. The van der Waals surface area contributed by atoms with E-state index in [0.717, 1.165) is 25.7 Å². The Labute approximate surface area is 160 Å². The normalized spacial score (nSPS) is 19.5. The van der Waals surface area contributed by atoms with Crippen LogP contribution < -0.4 is 5.32 Å². The number of nitrogens with one attached hydrogen (secondary N) is 1. The third-order valence-corrected chi connectivity index (χ3v) is 4.85. The van der Waals surface area contributed by atoms with Gasteiger partial charge in [0.1, 0.15) is 0 Å². The van der Waals surface area contributed by atoms with E-state index in [1.54, 1.807) is 11.9 Å². The molecule has 0 aromatic heterocycles. The first-order valence-corrected chi connectivity index (χ1v) is 9.52. The molecule has 0 saturated carbocycles. The minimum atomic E-state index is -0.877. The number of amides is 1. The van der Waals surface area contributed by atoms with E-state index in [1.165, 1.54) is 12.1 Å². The summed E-state index contributed by atoms with van der Waals surface area (Å²) < 4.78 is 32.2. The quantitative estimate of drug-likeness (QED) is 0.749. The van der Waals surface area contributed by atoms with E-state index < -0.39 is 11.6 Å². The van der Waals surface area contributed by atoms with E-state index in [-0.39, 0.29) is 24.6 Å². The van der Waals surface area contributed by atoms with Gasteiger partial charge in [-0.25, -0.2) is 8.78 Å². The van der Waals surface area contributed by atoms with Crippen LogP contribution in [0.5, 0.6) is 0 Å². The summed E-state index contributed by atoms with van der Waals surface area (Å²) in [4.78, 5) is 16.4. The number of nitrogens with zero attached hydrogens (tertiary/aromatic N) is 2. The molecule has 1 heterocycles. The molecule has 1 aromatic rings. The summed E-state index contributed by atoms with van der Waals surface area (Å²) in [6, 6.07) is 3.61. The maximum Gasteiger partial charge on any atom is 0.234 e. The highest BCUT2D eigenvalue weighted by Gasteiger charge is 2.22. The van der Waals surface area contributed by atoms with Crippen molar-refractivity contribution in [2.75, 3.05) is 46.4 Å². The molecule has 1 amide bonds. The fourth-order valence-corrected chi connectivity index (χ4v) is 3.26. The van der Waals surface area contributed by atoms with E-state index in [1.807, 2.05) is 6.92 Å². The third kappa shape index (κ3) is 6.83. The lowest BCUT2D eigenvalue weighted by Gasteiger charge is -2.34. The molecule has 152 valence electrons. The molecular formula is C20H31F2N3O2. The maximum absolute atomic E-state index is 13.4. The number of ether oxygens (including phenoxy) is 1. The predicted molar refractivity (Wildman–Crippen MR) is 101 cm³/mol. The van der Waals surface area contributed by atoms with E-state index in [9.17, 15) is 13.6 Å². The Morgan fingerprint density at radius 3 is 2.74 bits per heavy atom. The first kappa shape index (κ1) is 21.7. The Kier molecular flexibility index (Phi) is 8.13. The van der Waals surface area contributed by atoms with E-state index in [4.69, 9.17) is 4.74 Å². The van der Waals surface area contributed by atoms with Crippen LogP contribution in [0.2, 0.25) is 0 Å². The van der Waals surface area contributed by atoms with Crippen LogP contribution in [0.25, 0.3) is 0 Å². The SMILES string of the molecule is CC(C)CN1CCOC(CNC(=O)CN(C)C(C)c2ccc(F)c(F)c2)C1. The first-order valence-electron chi connectivity index (χ1n) is 9.52. The molecule has 1 saturated heterocycles. The lowest BCUT2D eigenvalue weighted by molar-refractivity contribution is -0.123. The number of halogens is 2. The van der Waals surface area contributed by atoms with Gasteiger partial charge in [-0.3, -0.25) is 14.6 Å². The zero-order chi connectivity index (χ0) is 20.0. The van der Waals surface area contributed by atoms with Gasteiger partial charge in [-0.15, -0.1) is 0 Å². The van der Waals surface area contributed by atoms with Crippen LogP contribution in [0, 0.1) is 17.6 Å².